The molecule has 0 spiro atoms. The molecule has 0 bridgehead atoms. The van der Waals surface area contributed by atoms with E-state index >= 15 is 0 Å². The van der Waals surface area contributed by atoms with E-state index in [-0.39, 0.29) is 11.8 Å². The van der Waals surface area contributed by atoms with Crippen molar-refractivity contribution in [3.63, 3.8) is 0 Å². The van der Waals surface area contributed by atoms with Crippen LogP contribution in [0.15, 0.2) is 60.8 Å². The molecule has 0 radical (unpaired) electrons. The summed E-state index contributed by atoms with van der Waals surface area (Å²) in [5.41, 5.74) is 1.88. The third kappa shape index (κ3) is 2.61. The van der Waals surface area contributed by atoms with Gasteiger partial charge in [0.2, 0.25) is 5.91 Å². The molecule has 0 saturated carbocycles. The van der Waals surface area contributed by atoms with Crippen LogP contribution in [0, 0.1) is 17.2 Å². The molecule has 0 saturated heterocycles. The first-order valence-electron chi connectivity index (χ1n) is 8.14. The number of nitriles is 1. The molecule has 1 aliphatic heterocycles. The van der Waals surface area contributed by atoms with Gasteiger partial charge in [-0.1, -0.05) is 68.4 Å². The monoisotopic (exact) mass is 316 g/mol. The maximum Gasteiger partial charge on any atom is 0.230 e. The fourth-order valence-corrected chi connectivity index (χ4v) is 3.20. The summed E-state index contributed by atoms with van der Waals surface area (Å²) in [5, 5.41) is 10.2. The first-order chi connectivity index (χ1) is 11.6. The molecule has 3 heteroatoms. The molecule has 1 heterocycles. The van der Waals surface area contributed by atoms with Crippen LogP contribution < -0.4 is 0 Å². The molecule has 0 N–H and O–H groups in total. The summed E-state index contributed by atoms with van der Waals surface area (Å²) < 4.78 is 0. The topological polar surface area (TPSA) is 44.1 Å². The van der Waals surface area contributed by atoms with Crippen molar-refractivity contribution in [2.75, 3.05) is 0 Å². The van der Waals surface area contributed by atoms with Gasteiger partial charge in [0, 0.05) is 18.5 Å². The van der Waals surface area contributed by atoms with Crippen LogP contribution in [0.5, 0.6) is 0 Å². The molecule has 1 amide bonds. The lowest BCUT2D eigenvalue weighted by Gasteiger charge is -2.41. The highest BCUT2D eigenvalue weighted by Crippen LogP contribution is 2.39. The van der Waals surface area contributed by atoms with Crippen molar-refractivity contribution in [2.24, 2.45) is 5.92 Å². The first-order valence-corrected chi connectivity index (χ1v) is 8.14. The van der Waals surface area contributed by atoms with Gasteiger partial charge in [-0.2, -0.15) is 5.26 Å². The zero-order chi connectivity index (χ0) is 17.2. The predicted octanol–water partition coefficient (Wildman–Crippen LogP) is 4.12. The third-order valence-corrected chi connectivity index (χ3v) is 4.44. The number of rotatable bonds is 3. The van der Waals surface area contributed by atoms with E-state index in [0.29, 0.717) is 6.42 Å². The Morgan fingerprint density at radius 2 is 1.79 bits per heavy atom. The second kappa shape index (κ2) is 6.33. The van der Waals surface area contributed by atoms with E-state index in [1.165, 1.54) is 0 Å². The van der Waals surface area contributed by atoms with E-state index in [2.05, 4.69) is 6.07 Å². The molecule has 3 rings (SSSR count). The van der Waals surface area contributed by atoms with E-state index in [1.807, 2.05) is 74.5 Å². The quantitative estimate of drug-likeness (QED) is 0.855. The number of carbonyl (C=O) groups is 1. The summed E-state index contributed by atoms with van der Waals surface area (Å²) >= 11 is 0. The van der Waals surface area contributed by atoms with E-state index in [4.69, 9.17) is 0 Å². The lowest BCUT2D eigenvalue weighted by Crippen LogP contribution is -2.50. The largest absolute Gasteiger partial charge is 0.295 e. The SMILES string of the molecule is CC(C)C(=O)N1C=Cc2ccccc2C1(C#N)Cc1ccccc1. The van der Waals surface area contributed by atoms with Crippen molar-refractivity contribution in [3.8, 4) is 6.07 Å². The van der Waals surface area contributed by atoms with Crippen molar-refractivity contribution in [1.29, 1.82) is 5.26 Å². The highest BCUT2D eigenvalue weighted by atomic mass is 16.2. The summed E-state index contributed by atoms with van der Waals surface area (Å²) in [5.74, 6) is -0.221. The molecular formula is C21H20N2O. The summed E-state index contributed by atoms with van der Waals surface area (Å²) in [4.78, 5) is 14.4. The minimum absolute atomic E-state index is 0.0433. The summed E-state index contributed by atoms with van der Waals surface area (Å²) in [6.07, 6.45) is 4.14. The Morgan fingerprint density at radius 3 is 2.46 bits per heavy atom. The van der Waals surface area contributed by atoms with Crippen LogP contribution in [-0.4, -0.2) is 10.8 Å². The average Bonchev–Trinajstić information content (AvgIpc) is 2.62. The van der Waals surface area contributed by atoms with E-state index < -0.39 is 5.54 Å². The van der Waals surface area contributed by atoms with Gasteiger partial charge in [0.1, 0.15) is 0 Å². The van der Waals surface area contributed by atoms with Crippen LogP contribution in [0.3, 0.4) is 0 Å². The molecule has 24 heavy (non-hydrogen) atoms. The Hall–Kier alpha value is -2.86. The fourth-order valence-electron chi connectivity index (χ4n) is 3.20. The second-order valence-electron chi connectivity index (χ2n) is 6.40. The standard InChI is InChI=1S/C21H20N2O/c1-16(2)20(24)23-13-12-18-10-6-7-11-19(18)21(23,15-22)14-17-8-4-3-5-9-17/h3-13,16H,14H2,1-2H3. The van der Waals surface area contributed by atoms with Gasteiger partial charge in [0.05, 0.1) is 6.07 Å². The minimum atomic E-state index is -1.02. The van der Waals surface area contributed by atoms with Crippen LogP contribution in [0.4, 0.5) is 0 Å². The number of nitrogens with zero attached hydrogens (tertiary/aromatic N) is 2. The highest BCUT2D eigenvalue weighted by Gasteiger charge is 2.44. The van der Waals surface area contributed by atoms with Gasteiger partial charge in [0.25, 0.3) is 0 Å². The summed E-state index contributed by atoms with van der Waals surface area (Å²) in [6, 6.07) is 20.1. The van der Waals surface area contributed by atoms with E-state index in [9.17, 15) is 10.1 Å². The Labute approximate surface area is 142 Å². The fraction of sp³-hybridized carbons (Fsp3) is 0.238. The van der Waals surface area contributed by atoms with Gasteiger partial charge in [0.15, 0.2) is 5.54 Å². The molecule has 1 aliphatic rings. The zero-order valence-corrected chi connectivity index (χ0v) is 13.9. The average molecular weight is 316 g/mol. The molecule has 120 valence electrons. The lowest BCUT2D eigenvalue weighted by molar-refractivity contribution is -0.135. The number of hydrogen-bond donors (Lipinski definition) is 0. The smallest absolute Gasteiger partial charge is 0.230 e. The van der Waals surface area contributed by atoms with Crippen molar-refractivity contribution in [1.82, 2.24) is 4.90 Å². The van der Waals surface area contributed by atoms with Crippen molar-refractivity contribution < 1.29 is 4.79 Å². The van der Waals surface area contributed by atoms with Crippen molar-refractivity contribution in [3.05, 3.63) is 77.5 Å². The Kier molecular flexibility index (Phi) is 4.22. The van der Waals surface area contributed by atoms with Crippen LogP contribution >= 0.6 is 0 Å². The molecule has 0 aromatic heterocycles. The van der Waals surface area contributed by atoms with Crippen LogP contribution in [-0.2, 0) is 16.8 Å². The van der Waals surface area contributed by atoms with Gasteiger partial charge in [-0.25, -0.2) is 0 Å². The number of carbonyl (C=O) groups excluding carboxylic acids is 1. The Balaban J connectivity index is 2.17. The normalized spacial score (nSPS) is 19.0. The summed E-state index contributed by atoms with van der Waals surface area (Å²) in [7, 11) is 0. The highest BCUT2D eigenvalue weighted by molar-refractivity contribution is 5.83. The van der Waals surface area contributed by atoms with Crippen LogP contribution in [0.2, 0.25) is 0 Å². The van der Waals surface area contributed by atoms with Gasteiger partial charge < -0.3 is 0 Å². The van der Waals surface area contributed by atoms with Gasteiger partial charge in [-0.05, 0) is 22.8 Å². The van der Waals surface area contributed by atoms with Gasteiger partial charge >= 0.3 is 0 Å². The molecular weight excluding hydrogens is 296 g/mol. The molecule has 3 nitrogen and oxygen atoms in total. The van der Waals surface area contributed by atoms with E-state index in [1.54, 1.807) is 11.1 Å². The number of benzene rings is 2. The molecule has 1 atom stereocenters. The van der Waals surface area contributed by atoms with Gasteiger partial charge in [-0.15, -0.1) is 0 Å². The maximum atomic E-state index is 12.8. The van der Waals surface area contributed by atoms with Crippen molar-refractivity contribution >= 4 is 12.0 Å². The molecule has 2 aromatic rings. The molecule has 2 aromatic carbocycles. The number of amides is 1. The number of fused-ring (bicyclic) bond motifs is 1. The molecule has 0 fully saturated rings. The second-order valence-corrected chi connectivity index (χ2v) is 6.40. The first kappa shape index (κ1) is 16.0. The van der Waals surface area contributed by atoms with Crippen molar-refractivity contribution in [2.45, 2.75) is 25.8 Å². The molecule has 0 aliphatic carbocycles. The Morgan fingerprint density at radius 1 is 1.12 bits per heavy atom. The van der Waals surface area contributed by atoms with Crippen LogP contribution in [0.1, 0.15) is 30.5 Å². The van der Waals surface area contributed by atoms with E-state index in [0.717, 1.165) is 16.7 Å². The lowest BCUT2D eigenvalue weighted by atomic mass is 9.78. The maximum absolute atomic E-state index is 12.8. The predicted molar refractivity (Wildman–Crippen MR) is 94.6 cm³/mol. The number of hydrogen-bond acceptors (Lipinski definition) is 2. The minimum Gasteiger partial charge on any atom is -0.295 e. The third-order valence-electron chi connectivity index (χ3n) is 4.44. The molecule has 1 unspecified atom stereocenters. The zero-order valence-electron chi connectivity index (χ0n) is 13.9. The van der Waals surface area contributed by atoms with Crippen LogP contribution in [0.25, 0.3) is 6.08 Å². The Bertz CT molecular complexity index is 817. The van der Waals surface area contributed by atoms with Gasteiger partial charge in [-0.3, -0.25) is 9.69 Å². The summed E-state index contributed by atoms with van der Waals surface area (Å²) in [6.45, 7) is 3.72.